The van der Waals surface area contributed by atoms with Crippen LogP contribution in [-0.4, -0.2) is 39.3 Å². The lowest BCUT2D eigenvalue weighted by atomic mass is 10.2. The first-order chi connectivity index (χ1) is 13.1. The van der Waals surface area contributed by atoms with Crippen LogP contribution in [0.15, 0.2) is 22.9 Å². The third kappa shape index (κ3) is 3.15. The lowest BCUT2D eigenvalue weighted by Crippen LogP contribution is -1.99. The fourth-order valence-electron chi connectivity index (χ4n) is 2.72. The van der Waals surface area contributed by atoms with Crippen LogP contribution >= 0.6 is 11.3 Å². The number of ether oxygens (including phenoxy) is 2. The summed E-state index contributed by atoms with van der Waals surface area (Å²) in [6.07, 6.45) is 1.73. The van der Waals surface area contributed by atoms with Crippen molar-refractivity contribution < 1.29 is 14.0 Å². The third-order valence-corrected chi connectivity index (χ3v) is 5.23. The largest absolute Gasteiger partial charge is 0.480 e. The summed E-state index contributed by atoms with van der Waals surface area (Å²) in [7, 11) is 3.19. The van der Waals surface area contributed by atoms with E-state index in [9.17, 15) is 0 Å². The van der Waals surface area contributed by atoms with Gasteiger partial charge in [0.1, 0.15) is 11.4 Å². The van der Waals surface area contributed by atoms with Crippen molar-refractivity contribution in [3.63, 3.8) is 0 Å². The molecule has 4 rings (SSSR count). The van der Waals surface area contributed by atoms with Gasteiger partial charge in [0, 0.05) is 24.6 Å². The van der Waals surface area contributed by atoms with Gasteiger partial charge in [0.15, 0.2) is 5.82 Å². The Balaban J connectivity index is 1.80. The zero-order chi connectivity index (χ0) is 19.0. The number of thiophene rings is 1. The Labute approximate surface area is 159 Å². The maximum atomic E-state index is 5.50. The zero-order valence-electron chi connectivity index (χ0n) is 15.3. The van der Waals surface area contributed by atoms with E-state index in [1.165, 1.54) is 11.3 Å². The van der Waals surface area contributed by atoms with Crippen LogP contribution in [0.25, 0.3) is 32.4 Å². The minimum Gasteiger partial charge on any atom is -0.480 e. The van der Waals surface area contributed by atoms with Crippen LogP contribution in [0.5, 0.6) is 5.88 Å². The van der Waals surface area contributed by atoms with Crippen molar-refractivity contribution in [2.24, 2.45) is 0 Å². The number of hydrogen-bond donors (Lipinski definition) is 0. The van der Waals surface area contributed by atoms with E-state index in [1.54, 1.807) is 20.4 Å². The Kier molecular flexibility index (Phi) is 4.54. The van der Waals surface area contributed by atoms with E-state index in [0.717, 1.165) is 31.9 Å². The monoisotopic (exact) mass is 383 g/mol. The first-order valence-electron chi connectivity index (χ1n) is 8.20. The summed E-state index contributed by atoms with van der Waals surface area (Å²) in [5, 5.41) is 4.93. The molecule has 0 aliphatic rings. The topological polar surface area (TPSA) is 96.1 Å². The molecule has 4 aromatic heterocycles. The molecule has 0 aliphatic carbocycles. The average Bonchev–Trinajstić information content (AvgIpc) is 3.27. The van der Waals surface area contributed by atoms with Gasteiger partial charge in [-0.05, 0) is 31.5 Å². The van der Waals surface area contributed by atoms with Gasteiger partial charge in [-0.2, -0.15) is 9.97 Å². The molecule has 27 heavy (non-hydrogen) atoms. The molecule has 0 amide bonds. The summed E-state index contributed by atoms with van der Waals surface area (Å²) < 4.78 is 16.1. The molecule has 0 saturated heterocycles. The Morgan fingerprint density at radius 2 is 1.96 bits per heavy atom. The van der Waals surface area contributed by atoms with Crippen LogP contribution < -0.4 is 4.74 Å². The molecule has 0 aliphatic heterocycles. The van der Waals surface area contributed by atoms with Crippen LogP contribution in [-0.2, 0) is 11.3 Å². The molecule has 0 radical (unpaired) electrons. The number of hydrogen-bond acceptors (Lipinski definition) is 9. The lowest BCUT2D eigenvalue weighted by molar-refractivity contribution is 0.177. The Hall–Kier alpha value is -2.91. The molecular weight excluding hydrogens is 366 g/mol. The molecule has 0 saturated carbocycles. The number of aryl methyl sites for hydroxylation is 2. The van der Waals surface area contributed by atoms with Crippen LogP contribution in [0.2, 0.25) is 0 Å². The van der Waals surface area contributed by atoms with Crippen LogP contribution in [0.4, 0.5) is 0 Å². The highest BCUT2D eigenvalue weighted by Crippen LogP contribution is 2.40. The summed E-state index contributed by atoms with van der Waals surface area (Å²) in [4.78, 5) is 19.4. The fourth-order valence-corrected chi connectivity index (χ4v) is 3.83. The number of nitrogens with zero attached hydrogens (tertiary/aromatic N) is 5. The number of pyridine rings is 1. The second-order valence-electron chi connectivity index (χ2n) is 5.93. The van der Waals surface area contributed by atoms with Crippen LogP contribution in [0, 0.1) is 13.8 Å². The van der Waals surface area contributed by atoms with E-state index < -0.39 is 0 Å². The van der Waals surface area contributed by atoms with Crippen molar-refractivity contribution in [2.45, 2.75) is 20.5 Å². The van der Waals surface area contributed by atoms with Crippen LogP contribution in [0.1, 0.15) is 17.1 Å². The molecule has 4 aromatic rings. The molecule has 0 fully saturated rings. The van der Waals surface area contributed by atoms with Gasteiger partial charge in [0.25, 0.3) is 5.89 Å². The first-order valence-corrected chi connectivity index (χ1v) is 9.02. The van der Waals surface area contributed by atoms with Crippen molar-refractivity contribution in [3.05, 3.63) is 35.4 Å². The van der Waals surface area contributed by atoms with Crippen molar-refractivity contribution in [1.29, 1.82) is 0 Å². The van der Waals surface area contributed by atoms with Gasteiger partial charge in [-0.15, -0.1) is 11.3 Å². The molecule has 0 unspecified atom stereocenters. The second kappa shape index (κ2) is 7.01. The van der Waals surface area contributed by atoms with Gasteiger partial charge in [-0.3, -0.25) is 4.98 Å². The molecule has 9 heteroatoms. The molecule has 0 aromatic carbocycles. The van der Waals surface area contributed by atoms with E-state index in [0.29, 0.717) is 30.0 Å². The Bertz CT molecular complexity index is 1100. The molecule has 4 heterocycles. The highest BCUT2D eigenvalue weighted by molar-refractivity contribution is 7.22. The molecule has 0 atom stereocenters. The van der Waals surface area contributed by atoms with Gasteiger partial charge in [-0.1, -0.05) is 5.16 Å². The van der Waals surface area contributed by atoms with E-state index in [-0.39, 0.29) is 0 Å². The SMILES string of the molecule is COCc1nc(OC)c2c(C)c(-c3nc(-c4ccc(C)nc4)no3)sc2n1. The van der Waals surface area contributed by atoms with Gasteiger partial charge in [0.2, 0.25) is 11.7 Å². The number of aromatic nitrogens is 5. The molecule has 0 N–H and O–H groups in total. The summed E-state index contributed by atoms with van der Waals surface area (Å²) in [5.41, 5.74) is 2.67. The predicted octanol–water partition coefficient (Wildman–Crippen LogP) is 3.58. The highest BCUT2D eigenvalue weighted by atomic mass is 32.1. The Morgan fingerprint density at radius 1 is 1.11 bits per heavy atom. The summed E-state index contributed by atoms with van der Waals surface area (Å²) in [6, 6.07) is 3.83. The number of rotatable bonds is 5. The lowest BCUT2D eigenvalue weighted by Gasteiger charge is -2.04. The van der Waals surface area contributed by atoms with E-state index in [4.69, 9.17) is 14.0 Å². The van der Waals surface area contributed by atoms with Gasteiger partial charge in [0.05, 0.1) is 17.4 Å². The van der Waals surface area contributed by atoms with E-state index in [1.807, 2.05) is 26.0 Å². The normalized spacial score (nSPS) is 11.3. The minimum atomic E-state index is 0.309. The van der Waals surface area contributed by atoms with E-state index in [2.05, 4.69) is 25.1 Å². The molecule has 0 bridgehead atoms. The van der Waals surface area contributed by atoms with Crippen molar-refractivity contribution in [1.82, 2.24) is 25.1 Å². The standard InChI is InChI=1S/C18H17N5O3S/c1-9-5-6-11(7-19-9)15-22-17(26-23-15)14-10(2)13-16(25-4)20-12(8-24-3)21-18(13)27-14/h5-7H,8H2,1-4H3. The van der Waals surface area contributed by atoms with Crippen molar-refractivity contribution in [2.75, 3.05) is 14.2 Å². The van der Waals surface area contributed by atoms with E-state index >= 15 is 0 Å². The first kappa shape index (κ1) is 17.5. The maximum Gasteiger partial charge on any atom is 0.268 e. The fraction of sp³-hybridized carbons (Fsp3) is 0.278. The van der Waals surface area contributed by atoms with Crippen molar-refractivity contribution >= 4 is 21.6 Å². The van der Waals surface area contributed by atoms with Gasteiger partial charge >= 0.3 is 0 Å². The maximum absolute atomic E-state index is 5.50. The summed E-state index contributed by atoms with van der Waals surface area (Å²) in [6.45, 7) is 4.20. The quantitative estimate of drug-likeness (QED) is 0.516. The third-order valence-electron chi connectivity index (χ3n) is 4.06. The predicted molar refractivity (Wildman–Crippen MR) is 101 cm³/mol. The van der Waals surface area contributed by atoms with Crippen molar-refractivity contribution in [3.8, 4) is 28.0 Å². The van der Waals surface area contributed by atoms with Gasteiger partial charge < -0.3 is 14.0 Å². The van der Waals surface area contributed by atoms with Crippen LogP contribution in [0.3, 0.4) is 0 Å². The number of methoxy groups -OCH3 is 2. The molecule has 138 valence electrons. The summed E-state index contributed by atoms with van der Waals surface area (Å²) in [5.74, 6) is 2.00. The molecule has 0 spiro atoms. The second-order valence-corrected chi connectivity index (χ2v) is 6.93. The smallest absolute Gasteiger partial charge is 0.268 e. The van der Waals surface area contributed by atoms with Gasteiger partial charge in [-0.25, -0.2) is 4.98 Å². The number of fused-ring (bicyclic) bond motifs is 1. The average molecular weight is 383 g/mol. The molecule has 8 nitrogen and oxygen atoms in total. The minimum absolute atomic E-state index is 0.309. The highest BCUT2D eigenvalue weighted by Gasteiger charge is 2.22. The summed E-state index contributed by atoms with van der Waals surface area (Å²) >= 11 is 1.46. The molecular formula is C18H17N5O3S. The Morgan fingerprint density at radius 3 is 2.67 bits per heavy atom. The zero-order valence-corrected chi connectivity index (χ0v) is 16.1.